The number of fused-ring (bicyclic) bond motifs is 1. The van der Waals surface area contributed by atoms with E-state index < -0.39 is 10.8 Å². The number of anilines is 3. The average Bonchev–Trinajstić information content (AvgIpc) is 3.44. The van der Waals surface area contributed by atoms with Crippen molar-refractivity contribution in [3.63, 3.8) is 0 Å². The first kappa shape index (κ1) is 29.5. The number of aromatic nitrogens is 4. The van der Waals surface area contributed by atoms with E-state index in [-0.39, 0.29) is 16.8 Å². The van der Waals surface area contributed by atoms with E-state index in [9.17, 15) is 9.00 Å². The number of hydrogen-bond donors (Lipinski definition) is 3. The molecule has 6 rings (SSSR count). The first-order valence-corrected chi connectivity index (χ1v) is 16.3. The molecule has 5 aromatic rings. The Morgan fingerprint density at radius 3 is 2.45 bits per heavy atom. The third-order valence-electron chi connectivity index (χ3n) is 7.79. The number of hydrogen-bond acceptors (Lipinski definition) is 6. The van der Waals surface area contributed by atoms with Gasteiger partial charge in [0.25, 0.3) is 0 Å². The second-order valence-electron chi connectivity index (χ2n) is 12.2. The van der Waals surface area contributed by atoms with E-state index in [0.717, 1.165) is 69.8 Å². The van der Waals surface area contributed by atoms with E-state index >= 15 is 0 Å². The highest BCUT2D eigenvalue weighted by atomic mass is 32.2. The third kappa shape index (κ3) is 6.35. The van der Waals surface area contributed by atoms with Crippen LogP contribution in [0, 0.1) is 6.92 Å². The van der Waals surface area contributed by atoms with Crippen LogP contribution in [0.2, 0.25) is 0 Å². The molecule has 9 nitrogen and oxygen atoms in total. The summed E-state index contributed by atoms with van der Waals surface area (Å²) in [6.45, 7) is 8.19. The minimum atomic E-state index is -0.873. The minimum absolute atomic E-state index is 0.0494. The molecule has 2 amide bonds. The Morgan fingerprint density at radius 1 is 0.932 bits per heavy atom. The van der Waals surface area contributed by atoms with Crippen molar-refractivity contribution in [2.45, 2.75) is 57.7 Å². The second kappa shape index (κ2) is 12.2. The Balaban J connectivity index is 1.24. The Labute approximate surface area is 260 Å². The molecule has 1 saturated heterocycles. The topological polar surface area (TPSA) is 114 Å². The van der Waals surface area contributed by atoms with Gasteiger partial charge in [-0.3, -0.25) is 14.5 Å². The van der Waals surface area contributed by atoms with Gasteiger partial charge < -0.3 is 10.6 Å². The van der Waals surface area contributed by atoms with Crippen molar-refractivity contribution in [3.8, 4) is 16.8 Å². The van der Waals surface area contributed by atoms with E-state index in [2.05, 4.69) is 46.7 Å². The number of nitrogens with zero attached hydrogens (tertiary/aromatic N) is 4. The zero-order chi connectivity index (χ0) is 30.8. The standard InChI is InChI=1S/C34H37N7O2S/c1-22-12-14-24(21-35-22)41-31(19-29(40-41)34(2,3)4)39-33(42)37-28-16-15-25(26-9-5-6-10-27(26)28)23-13-17-30(36-20-23)38-32-11-7-8-18-44(32)43/h5-6,9-10,12-17,19-21,32H,7-8,11,18H2,1-4H3,(H,36,38)(H2,37,39,42). The number of benzene rings is 2. The molecule has 1 aliphatic rings. The van der Waals surface area contributed by atoms with Crippen molar-refractivity contribution >= 4 is 44.9 Å². The summed E-state index contributed by atoms with van der Waals surface area (Å²) >= 11 is 0. The van der Waals surface area contributed by atoms with Gasteiger partial charge in [0.1, 0.15) is 17.0 Å². The molecule has 1 fully saturated rings. The predicted octanol–water partition coefficient (Wildman–Crippen LogP) is 7.40. The fourth-order valence-corrected chi connectivity index (χ4v) is 6.79. The van der Waals surface area contributed by atoms with Crippen LogP contribution in [0.5, 0.6) is 0 Å². The molecule has 0 bridgehead atoms. The van der Waals surface area contributed by atoms with E-state index in [1.807, 2.05) is 79.9 Å². The summed E-state index contributed by atoms with van der Waals surface area (Å²) < 4.78 is 14.1. The first-order valence-electron chi connectivity index (χ1n) is 14.9. The summed E-state index contributed by atoms with van der Waals surface area (Å²) in [5.74, 6) is 2.02. The van der Waals surface area contributed by atoms with Gasteiger partial charge in [-0.2, -0.15) is 5.10 Å². The lowest BCUT2D eigenvalue weighted by atomic mass is 9.92. The lowest BCUT2D eigenvalue weighted by Gasteiger charge is -2.22. The number of carbonyl (C=O) groups is 1. The molecule has 4 heterocycles. The summed E-state index contributed by atoms with van der Waals surface area (Å²) in [6, 6.07) is 21.2. The van der Waals surface area contributed by atoms with Gasteiger partial charge in [-0.05, 0) is 67.5 Å². The minimum Gasteiger partial charge on any atom is -0.356 e. The molecule has 226 valence electrons. The molecular weight excluding hydrogens is 570 g/mol. The predicted molar refractivity (Wildman–Crippen MR) is 179 cm³/mol. The summed E-state index contributed by atoms with van der Waals surface area (Å²) in [5, 5.41) is 16.0. The number of carbonyl (C=O) groups excluding carboxylic acids is 1. The smallest absolute Gasteiger partial charge is 0.324 e. The maximum Gasteiger partial charge on any atom is 0.324 e. The summed E-state index contributed by atoms with van der Waals surface area (Å²) in [4.78, 5) is 22.4. The van der Waals surface area contributed by atoms with Gasteiger partial charge in [-0.15, -0.1) is 0 Å². The Hall–Kier alpha value is -4.57. The van der Waals surface area contributed by atoms with E-state index in [1.54, 1.807) is 10.9 Å². The fraction of sp³-hybridized carbons (Fsp3) is 0.294. The highest BCUT2D eigenvalue weighted by Gasteiger charge is 2.23. The highest BCUT2D eigenvalue weighted by molar-refractivity contribution is 7.85. The molecule has 0 spiro atoms. The van der Waals surface area contributed by atoms with Crippen LogP contribution in [-0.4, -0.2) is 41.1 Å². The molecule has 0 saturated carbocycles. The van der Waals surface area contributed by atoms with Gasteiger partial charge in [-0.25, -0.2) is 14.5 Å². The van der Waals surface area contributed by atoms with Gasteiger partial charge >= 0.3 is 6.03 Å². The van der Waals surface area contributed by atoms with Crippen LogP contribution >= 0.6 is 0 Å². The molecule has 3 aromatic heterocycles. The largest absolute Gasteiger partial charge is 0.356 e. The van der Waals surface area contributed by atoms with Crippen molar-refractivity contribution in [1.82, 2.24) is 19.7 Å². The van der Waals surface area contributed by atoms with E-state index in [1.165, 1.54) is 0 Å². The summed E-state index contributed by atoms with van der Waals surface area (Å²) in [7, 11) is -0.873. The number of aryl methyl sites for hydroxylation is 1. The highest BCUT2D eigenvalue weighted by Crippen LogP contribution is 2.34. The molecule has 0 radical (unpaired) electrons. The Bertz CT molecular complexity index is 1830. The molecule has 2 unspecified atom stereocenters. The van der Waals surface area contributed by atoms with E-state index in [4.69, 9.17) is 5.10 Å². The van der Waals surface area contributed by atoms with Crippen LogP contribution in [0.15, 0.2) is 79.1 Å². The lowest BCUT2D eigenvalue weighted by molar-refractivity contribution is 0.262. The molecular formula is C34H37N7O2S. The Morgan fingerprint density at radius 2 is 1.75 bits per heavy atom. The van der Waals surface area contributed by atoms with Crippen molar-refractivity contribution in [2.75, 3.05) is 21.7 Å². The lowest BCUT2D eigenvalue weighted by Crippen LogP contribution is -2.30. The third-order valence-corrected chi connectivity index (χ3v) is 9.47. The van der Waals surface area contributed by atoms with E-state index in [0.29, 0.717) is 11.5 Å². The van der Waals surface area contributed by atoms with Crippen LogP contribution in [0.3, 0.4) is 0 Å². The van der Waals surface area contributed by atoms with Gasteiger partial charge in [0.05, 0.1) is 23.3 Å². The van der Waals surface area contributed by atoms with Gasteiger partial charge in [0.15, 0.2) is 0 Å². The van der Waals surface area contributed by atoms with Crippen molar-refractivity contribution < 1.29 is 9.00 Å². The number of rotatable bonds is 6. The number of urea groups is 1. The number of amides is 2. The van der Waals surface area contributed by atoms with Crippen LogP contribution < -0.4 is 16.0 Å². The van der Waals surface area contributed by atoms with Gasteiger partial charge in [-0.1, -0.05) is 51.1 Å². The monoisotopic (exact) mass is 607 g/mol. The fourth-order valence-electron chi connectivity index (χ4n) is 5.34. The maximum absolute atomic E-state index is 13.4. The Kier molecular flexibility index (Phi) is 8.18. The van der Waals surface area contributed by atoms with Crippen LogP contribution in [-0.2, 0) is 16.2 Å². The summed E-state index contributed by atoms with van der Waals surface area (Å²) in [6.07, 6.45) is 6.58. The zero-order valence-corrected chi connectivity index (χ0v) is 26.2. The van der Waals surface area contributed by atoms with Gasteiger partial charge in [0, 0.05) is 50.9 Å². The van der Waals surface area contributed by atoms with Crippen LogP contribution in [0.25, 0.3) is 27.6 Å². The number of nitrogens with one attached hydrogen (secondary N) is 3. The molecule has 2 atom stereocenters. The van der Waals surface area contributed by atoms with Crippen molar-refractivity contribution in [1.29, 1.82) is 0 Å². The molecule has 1 aliphatic heterocycles. The first-order chi connectivity index (χ1) is 21.2. The average molecular weight is 608 g/mol. The molecule has 2 aromatic carbocycles. The van der Waals surface area contributed by atoms with Crippen molar-refractivity contribution in [2.24, 2.45) is 0 Å². The van der Waals surface area contributed by atoms with Crippen molar-refractivity contribution in [3.05, 3.63) is 90.5 Å². The van der Waals surface area contributed by atoms with Gasteiger partial charge in [0.2, 0.25) is 0 Å². The maximum atomic E-state index is 13.4. The molecule has 0 aliphatic carbocycles. The normalized spacial score (nSPS) is 16.9. The molecule has 3 N–H and O–H groups in total. The number of pyridine rings is 2. The quantitative estimate of drug-likeness (QED) is 0.185. The zero-order valence-electron chi connectivity index (χ0n) is 25.4. The SMILES string of the molecule is Cc1ccc(-n2nc(C(C)(C)C)cc2NC(=O)Nc2ccc(-c3ccc(NC4CCCCS4=O)nc3)c3ccccc23)cn1. The summed E-state index contributed by atoms with van der Waals surface area (Å²) in [5.41, 5.74) is 4.96. The second-order valence-corrected chi connectivity index (χ2v) is 13.9. The molecule has 10 heteroatoms. The molecule has 44 heavy (non-hydrogen) atoms. The van der Waals surface area contributed by atoms with Crippen LogP contribution in [0.4, 0.5) is 22.1 Å². The van der Waals surface area contributed by atoms with Crippen LogP contribution in [0.1, 0.15) is 51.4 Å².